The summed E-state index contributed by atoms with van der Waals surface area (Å²) in [6.07, 6.45) is 4.76. The van der Waals surface area contributed by atoms with Gasteiger partial charge in [-0.05, 0) is 55.0 Å². The highest BCUT2D eigenvalue weighted by atomic mass is 35.5. The summed E-state index contributed by atoms with van der Waals surface area (Å²) in [5.41, 5.74) is 0.312. The number of pyridine rings is 1. The van der Waals surface area contributed by atoms with Gasteiger partial charge in [-0.3, -0.25) is 14.6 Å². The molecular weight excluding hydrogens is 523 g/mol. The zero-order valence-electron chi connectivity index (χ0n) is 20.2. The third-order valence-corrected chi connectivity index (χ3v) is 10.1. The summed E-state index contributed by atoms with van der Waals surface area (Å²) in [5.74, 6) is -1.96. The number of carbonyl (C=O) groups is 2. The standard InChI is InChI=1S/C26H30Cl2N2O5S/c1-3-20(15-36(34,35)21-8-9-21)30-24(16-4-6-18(27)7-5-16)22(17-10-19(28)14-29-13-17)11-26(2,25(30)33)12-23(31)32/h4-7,10,13-14,20-22,24H,3,8-9,11-12,15H2,1-2H3,(H,31,32)/t20?,22-,24-,26-/m1/s1. The monoisotopic (exact) mass is 552 g/mol. The number of aromatic nitrogens is 1. The van der Waals surface area contributed by atoms with Crippen LogP contribution in [0.1, 0.15) is 69.0 Å². The molecule has 0 bridgehead atoms. The Bertz CT molecular complexity index is 1250. The third-order valence-electron chi connectivity index (χ3n) is 7.33. The molecule has 1 aliphatic carbocycles. The zero-order valence-corrected chi connectivity index (χ0v) is 22.6. The molecule has 1 aromatic heterocycles. The molecule has 0 spiro atoms. The largest absolute Gasteiger partial charge is 0.481 e. The lowest BCUT2D eigenvalue weighted by Crippen LogP contribution is -2.57. The van der Waals surface area contributed by atoms with Gasteiger partial charge in [0.15, 0.2) is 9.84 Å². The molecule has 10 heteroatoms. The van der Waals surface area contributed by atoms with E-state index in [1.807, 2.05) is 19.1 Å². The molecule has 4 rings (SSSR count). The van der Waals surface area contributed by atoms with Crippen molar-refractivity contribution in [1.82, 2.24) is 9.88 Å². The van der Waals surface area contributed by atoms with Crippen LogP contribution in [0.25, 0.3) is 0 Å². The van der Waals surface area contributed by atoms with E-state index in [2.05, 4.69) is 4.98 Å². The molecule has 1 unspecified atom stereocenters. The van der Waals surface area contributed by atoms with Crippen molar-refractivity contribution in [1.29, 1.82) is 0 Å². The number of sulfone groups is 1. The van der Waals surface area contributed by atoms with Gasteiger partial charge in [-0.15, -0.1) is 0 Å². The second-order valence-corrected chi connectivity index (χ2v) is 13.4. The van der Waals surface area contributed by atoms with E-state index in [-0.39, 0.29) is 35.7 Å². The van der Waals surface area contributed by atoms with E-state index in [9.17, 15) is 23.1 Å². The number of amides is 1. The van der Waals surface area contributed by atoms with Crippen molar-refractivity contribution in [3.05, 3.63) is 63.9 Å². The number of aliphatic carboxylic acids is 1. The molecule has 1 saturated heterocycles. The summed E-state index contributed by atoms with van der Waals surface area (Å²) >= 11 is 12.4. The van der Waals surface area contributed by atoms with Crippen molar-refractivity contribution in [3.8, 4) is 0 Å². The Kier molecular flexibility index (Phi) is 7.70. The van der Waals surface area contributed by atoms with Gasteiger partial charge >= 0.3 is 5.97 Å². The molecule has 36 heavy (non-hydrogen) atoms. The molecule has 1 saturated carbocycles. The first kappa shape index (κ1) is 26.9. The SMILES string of the molecule is CCC(CS(=O)(=O)C1CC1)N1C(=O)[C@@](C)(CC(=O)O)C[C@H](c2cncc(Cl)c2)[C@H]1c1ccc(Cl)cc1. The van der Waals surface area contributed by atoms with Crippen molar-refractivity contribution in [3.63, 3.8) is 0 Å². The van der Waals surface area contributed by atoms with Crippen LogP contribution in [-0.2, 0) is 19.4 Å². The van der Waals surface area contributed by atoms with Gasteiger partial charge in [-0.1, -0.05) is 49.2 Å². The quantitative estimate of drug-likeness (QED) is 0.453. The number of nitrogens with zero attached hydrogens (tertiary/aromatic N) is 2. The van der Waals surface area contributed by atoms with Crippen molar-refractivity contribution in [2.24, 2.45) is 5.41 Å². The fourth-order valence-electron chi connectivity index (χ4n) is 5.40. The van der Waals surface area contributed by atoms with E-state index in [1.165, 1.54) is 6.20 Å². The van der Waals surface area contributed by atoms with Gasteiger partial charge in [0.05, 0.1) is 33.9 Å². The van der Waals surface area contributed by atoms with Crippen LogP contribution in [0, 0.1) is 5.41 Å². The maximum Gasteiger partial charge on any atom is 0.304 e. The smallest absolute Gasteiger partial charge is 0.304 e. The number of halogens is 2. The van der Waals surface area contributed by atoms with Crippen molar-refractivity contribution >= 4 is 44.9 Å². The van der Waals surface area contributed by atoms with Crippen molar-refractivity contribution in [2.75, 3.05) is 5.75 Å². The van der Waals surface area contributed by atoms with E-state index in [0.717, 1.165) is 11.1 Å². The predicted molar refractivity (Wildman–Crippen MR) is 139 cm³/mol. The highest BCUT2D eigenvalue weighted by Gasteiger charge is 2.53. The van der Waals surface area contributed by atoms with E-state index in [1.54, 1.807) is 36.2 Å². The number of benzene rings is 1. The summed E-state index contributed by atoms with van der Waals surface area (Å²) in [6, 6.07) is 7.75. The van der Waals surface area contributed by atoms with Crippen molar-refractivity contribution < 1.29 is 23.1 Å². The van der Waals surface area contributed by atoms with Crippen LogP contribution in [0.2, 0.25) is 10.0 Å². The highest BCUT2D eigenvalue weighted by Crippen LogP contribution is 2.52. The molecule has 1 aliphatic heterocycles. The van der Waals surface area contributed by atoms with Crippen LogP contribution in [0.15, 0.2) is 42.7 Å². The average molecular weight is 554 g/mol. The highest BCUT2D eigenvalue weighted by molar-refractivity contribution is 7.92. The Balaban J connectivity index is 1.89. The molecular formula is C26H30Cl2N2O5S. The minimum Gasteiger partial charge on any atom is -0.481 e. The first-order valence-corrected chi connectivity index (χ1v) is 14.5. The van der Waals surface area contributed by atoms with E-state index >= 15 is 0 Å². The molecule has 2 aromatic rings. The number of rotatable bonds is 9. The zero-order chi connectivity index (χ0) is 26.3. The number of hydrogen-bond acceptors (Lipinski definition) is 5. The lowest BCUT2D eigenvalue weighted by atomic mass is 9.67. The van der Waals surface area contributed by atoms with Gasteiger partial charge in [0.25, 0.3) is 0 Å². The summed E-state index contributed by atoms with van der Waals surface area (Å²) in [7, 11) is -3.40. The number of piperidine rings is 1. The molecule has 1 amide bonds. The van der Waals surface area contributed by atoms with Crippen LogP contribution in [-0.4, -0.2) is 52.3 Å². The predicted octanol–water partition coefficient (Wildman–Crippen LogP) is 5.28. The lowest BCUT2D eigenvalue weighted by Gasteiger charge is -2.51. The number of carboxylic acid groups (broad SMARTS) is 1. The van der Waals surface area contributed by atoms with Gasteiger partial charge in [0.1, 0.15) is 0 Å². The maximum atomic E-state index is 14.1. The summed E-state index contributed by atoms with van der Waals surface area (Å²) < 4.78 is 26.1. The van der Waals surface area contributed by atoms with Gasteiger partial charge in [-0.2, -0.15) is 0 Å². The van der Waals surface area contributed by atoms with Crippen molar-refractivity contribution in [2.45, 2.75) is 69.2 Å². The average Bonchev–Trinajstić information content (AvgIpc) is 3.66. The summed E-state index contributed by atoms with van der Waals surface area (Å²) in [5, 5.41) is 10.3. The van der Waals surface area contributed by atoms with Gasteiger partial charge in [-0.25, -0.2) is 8.42 Å². The van der Waals surface area contributed by atoms with Gasteiger partial charge in [0.2, 0.25) is 5.91 Å². The first-order valence-electron chi connectivity index (χ1n) is 12.1. The van der Waals surface area contributed by atoms with Crippen LogP contribution in [0.4, 0.5) is 0 Å². The molecule has 1 aromatic carbocycles. The molecule has 0 radical (unpaired) electrons. The minimum absolute atomic E-state index is 0.159. The second-order valence-electron chi connectivity index (χ2n) is 10.2. The Morgan fingerprint density at radius 3 is 2.39 bits per heavy atom. The molecule has 2 heterocycles. The Morgan fingerprint density at radius 1 is 1.17 bits per heavy atom. The third kappa shape index (κ3) is 5.55. The van der Waals surface area contributed by atoms with E-state index < -0.39 is 33.3 Å². The van der Waals surface area contributed by atoms with Crippen LogP contribution in [0.3, 0.4) is 0 Å². The van der Waals surface area contributed by atoms with Crippen LogP contribution < -0.4 is 0 Å². The molecule has 2 aliphatic rings. The van der Waals surface area contributed by atoms with E-state index in [4.69, 9.17) is 23.2 Å². The molecule has 1 N–H and O–H groups in total. The molecule has 2 fully saturated rings. The van der Waals surface area contributed by atoms with Gasteiger partial charge < -0.3 is 10.0 Å². The van der Waals surface area contributed by atoms with E-state index in [0.29, 0.717) is 29.3 Å². The number of hydrogen-bond donors (Lipinski definition) is 1. The Labute approximate surface area is 221 Å². The number of carboxylic acids is 1. The first-order chi connectivity index (χ1) is 16.9. The fraction of sp³-hybridized carbons (Fsp3) is 0.500. The fourth-order valence-corrected chi connectivity index (χ4v) is 7.77. The normalized spacial score (nSPS) is 25.6. The Morgan fingerprint density at radius 2 is 1.83 bits per heavy atom. The number of likely N-dealkylation sites (tertiary alicyclic amines) is 1. The maximum absolute atomic E-state index is 14.1. The topological polar surface area (TPSA) is 105 Å². The van der Waals surface area contributed by atoms with Crippen LogP contribution >= 0.6 is 23.2 Å². The second kappa shape index (κ2) is 10.3. The van der Waals surface area contributed by atoms with Gasteiger partial charge in [0, 0.05) is 29.4 Å². The molecule has 4 atom stereocenters. The summed E-state index contributed by atoms with van der Waals surface area (Å²) in [6.45, 7) is 3.51. The minimum atomic E-state index is -3.40. The lowest BCUT2D eigenvalue weighted by molar-refractivity contribution is -0.160. The summed E-state index contributed by atoms with van der Waals surface area (Å²) in [4.78, 5) is 31.9. The Hall–Kier alpha value is -2.16. The molecule has 7 nitrogen and oxygen atoms in total. The molecule has 194 valence electrons. The van der Waals surface area contributed by atoms with Crippen LogP contribution in [0.5, 0.6) is 0 Å². The number of carbonyl (C=O) groups excluding carboxylic acids is 1.